The van der Waals surface area contributed by atoms with Crippen LogP contribution in [-0.2, 0) is 13.9 Å². The fourth-order valence-electron chi connectivity index (χ4n) is 1.03. The van der Waals surface area contributed by atoms with Crippen molar-refractivity contribution >= 4 is 14.1 Å². The number of hydrogen-bond donors (Lipinski definition) is 6. The van der Waals surface area contributed by atoms with Crippen LogP contribution in [0.15, 0.2) is 0 Å². The van der Waals surface area contributed by atoms with Gasteiger partial charge in [-0.1, -0.05) is 0 Å². The molecule has 0 aromatic heterocycles. The maximum Gasteiger partial charge on any atom is 0.469 e. The van der Waals surface area contributed by atoms with Crippen LogP contribution in [0, 0.1) is 0 Å². The van der Waals surface area contributed by atoms with Crippen LogP contribution in [0.3, 0.4) is 0 Å². The van der Waals surface area contributed by atoms with E-state index in [9.17, 15) is 24.7 Å². The van der Waals surface area contributed by atoms with Crippen molar-refractivity contribution in [1.82, 2.24) is 5.32 Å². The molecule has 4 atom stereocenters. The van der Waals surface area contributed by atoms with Crippen molar-refractivity contribution in [3.8, 4) is 0 Å². The van der Waals surface area contributed by atoms with Gasteiger partial charge in [0.2, 0.25) is 0 Å². The van der Waals surface area contributed by atoms with Gasteiger partial charge in [0.25, 0.3) is 0 Å². The van der Waals surface area contributed by atoms with Gasteiger partial charge in [0.05, 0.1) is 12.6 Å². The fraction of sp³-hybridized carbons (Fsp3) is 0.857. The lowest BCUT2D eigenvalue weighted by Gasteiger charge is -2.26. The fourth-order valence-corrected chi connectivity index (χ4v) is 1.38. The molecule has 0 aromatic carbocycles. The summed E-state index contributed by atoms with van der Waals surface area (Å²) in [7, 11) is -3.41. The second-order valence-electron chi connectivity index (χ2n) is 3.29. The van der Waals surface area contributed by atoms with Crippen molar-refractivity contribution < 1.29 is 39.0 Å². The molecule has 0 radical (unpaired) electrons. The third-order valence-electron chi connectivity index (χ3n) is 2.01. The van der Waals surface area contributed by atoms with Crippen LogP contribution >= 0.6 is 7.82 Å². The number of rotatable bonds is 8. The monoisotopic (exact) mass is 273 g/mol. The summed E-state index contributed by atoms with van der Waals surface area (Å²) in [4.78, 5) is 27.2. The number of likely N-dealkylation sites (N-methyl/N-ethyl adjacent to an activating group) is 1. The number of phosphoric acid groups is 1. The van der Waals surface area contributed by atoms with Crippen molar-refractivity contribution in [2.45, 2.75) is 24.4 Å². The average Bonchev–Trinajstić information content (AvgIpc) is 2.25. The van der Waals surface area contributed by atoms with Gasteiger partial charge in [0, 0.05) is 0 Å². The van der Waals surface area contributed by atoms with Crippen LogP contribution in [0.25, 0.3) is 0 Å². The molecule has 0 heterocycles. The maximum atomic E-state index is 10.5. The van der Waals surface area contributed by atoms with Crippen LogP contribution < -0.4 is 5.32 Å². The first-order valence-corrected chi connectivity index (χ1v) is 6.12. The molecule has 0 saturated carbocycles. The zero-order valence-electron chi connectivity index (χ0n) is 9.00. The number of carbonyl (C=O) groups excluding carboxylic acids is 1. The molecule has 0 aliphatic heterocycles. The predicted molar refractivity (Wildman–Crippen MR) is 54.9 cm³/mol. The van der Waals surface area contributed by atoms with E-state index in [2.05, 4.69) is 9.84 Å². The third kappa shape index (κ3) is 6.20. The lowest BCUT2D eigenvalue weighted by Crippen LogP contribution is -2.51. The highest BCUT2D eigenvalue weighted by molar-refractivity contribution is 7.46. The smallest absolute Gasteiger partial charge is 0.388 e. The Balaban J connectivity index is 4.33. The average molecular weight is 273 g/mol. The summed E-state index contributed by atoms with van der Waals surface area (Å²) in [5.41, 5.74) is 0. The molecule has 0 aliphatic rings. The minimum Gasteiger partial charge on any atom is -0.388 e. The minimum absolute atomic E-state index is 0.324. The van der Waals surface area contributed by atoms with Gasteiger partial charge in [-0.25, -0.2) is 4.57 Å². The number of phosphoric ester groups is 1. The topological polar surface area (TPSA) is 157 Å². The van der Waals surface area contributed by atoms with E-state index >= 15 is 0 Å². The SMILES string of the molecule is CN[C@H](C=O)[C@@H](O)[C@H](O)[C@H](O)COP(=O)(O)O. The van der Waals surface area contributed by atoms with Crippen LogP contribution in [0.1, 0.15) is 0 Å². The third-order valence-corrected chi connectivity index (χ3v) is 2.49. The predicted octanol–water partition coefficient (Wildman–Crippen LogP) is -3.03. The second kappa shape index (κ2) is 7.14. The van der Waals surface area contributed by atoms with Crippen LogP contribution in [0.4, 0.5) is 0 Å². The lowest BCUT2D eigenvalue weighted by molar-refractivity contribution is -0.119. The van der Waals surface area contributed by atoms with Gasteiger partial charge in [-0.3, -0.25) is 4.52 Å². The quantitative estimate of drug-likeness (QED) is 0.200. The molecule has 0 bridgehead atoms. The molecule has 0 amide bonds. The molecule has 0 aromatic rings. The zero-order chi connectivity index (χ0) is 13.6. The zero-order valence-corrected chi connectivity index (χ0v) is 9.90. The Kier molecular flexibility index (Phi) is 6.98. The van der Waals surface area contributed by atoms with E-state index in [-0.39, 0.29) is 0 Å². The Hall–Kier alpha value is -0.380. The molecule has 17 heavy (non-hydrogen) atoms. The molecule has 6 N–H and O–H groups in total. The minimum atomic E-state index is -4.77. The Morgan fingerprint density at radius 3 is 2.18 bits per heavy atom. The first kappa shape index (κ1) is 16.6. The maximum absolute atomic E-state index is 10.5. The van der Waals surface area contributed by atoms with Crippen molar-refractivity contribution in [3.63, 3.8) is 0 Å². The number of aliphatic hydroxyl groups excluding tert-OH is 3. The van der Waals surface area contributed by atoms with Gasteiger partial charge < -0.3 is 35.2 Å². The first-order valence-electron chi connectivity index (χ1n) is 4.59. The molecule has 0 aliphatic carbocycles. The van der Waals surface area contributed by atoms with Gasteiger partial charge in [-0.2, -0.15) is 0 Å². The van der Waals surface area contributed by atoms with Gasteiger partial charge in [0.1, 0.15) is 24.6 Å². The summed E-state index contributed by atoms with van der Waals surface area (Å²) >= 11 is 0. The number of aliphatic hydroxyl groups is 3. The largest absolute Gasteiger partial charge is 0.469 e. The van der Waals surface area contributed by atoms with Crippen LogP contribution in [0.2, 0.25) is 0 Å². The van der Waals surface area contributed by atoms with E-state index in [1.54, 1.807) is 0 Å². The highest BCUT2D eigenvalue weighted by atomic mass is 31.2. The molecule has 10 heteroatoms. The van der Waals surface area contributed by atoms with Crippen molar-refractivity contribution in [3.05, 3.63) is 0 Å². The van der Waals surface area contributed by atoms with E-state index in [1.165, 1.54) is 7.05 Å². The Morgan fingerprint density at radius 2 is 1.82 bits per heavy atom. The summed E-state index contributed by atoms with van der Waals surface area (Å²) in [5.74, 6) is 0. The standard InChI is InChI=1S/C7H16NO8P/c1-8-4(2-9)6(11)7(12)5(10)3-16-17(13,14)15/h2,4-8,10-12H,3H2,1H3,(H2,13,14,15)/t4-,5-,6-,7-/m1/s1. The molecule has 102 valence electrons. The number of aldehydes is 1. The lowest BCUT2D eigenvalue weighted by atomic mass is 10.0. The van der Waals surface area contributed by atoms with Gasteiger partial charge in [-0.15, -0.1) is 0 Å². The van der Waals surface area contributed by atoms with Gasteiger partial charge >= 0.3 is 7.82 Å². The summed E-state index contributed by atoms with van der Waals surface area (Å²) < 4.78 is 14.3. The second-order valence-corrected chi connectivity index (χ2v) is 4.52. The van der Waals surface area contributed by atoms with Crippen molar-refractivity contribution in [2.75, 3.05) is 13.7 Å². The first-order chi connectivity index (χ1) is 7.72. The molecule has 0 spiro atoms. The van der Waals surface area contributed by atoms with Crippen LogP contribution in [0.5, 0.6) is 0 Å². The highest BCUT2D eigenvalue weighted by Crippen LogP contribution is 2.35. The van der Waals surface area contributed by atoms with Crippen molar-refractivity contribution in [1.29, 1.82) is 0 Å². The molecule has 0 rings (SSSR count). The Morgan fingerprint density at radius 1 is 1.29 bits per heavy atom. The van der Waals surface area contributed by atoms with E-state index in [0.717, 1.165) is 0 Å². The number of hydrogen-bond acceptors (Lipinski definition) is 7. The van der Waals surface area contributed by atoms with Crippen LogP contribution in [-0.4, -0.2) is 69.4 Å². The molecular formula is C7H16NO8P. The molecule has 9 nitrogen and oxygen atoms in total. The number of carbonyl (C=O) groups is 1. The van der Waals surface area contributed by atoms with E-state index in [4.69, 9.17) is 9.79 Å². The van der Waals surface area contributed by atoms with E-state index in [1.807, 2.05) is 0 Å². The summed E-state index contributed by atoms with van der Waals surface area (Å²) in [6.45, 7) is -0.877. The Labute approximate surface area is 97.3 Å². The van der Waals surface area contributed by atoms with Gasteiger partial charge in [-0.05, 0) is 7.05 Å². The Bertz CT molecular complexity index is 281. The number of nitrogens with one attached hydrogen (secondary N) is 1. The molecule has 0 fully saturated rings. The highest BCUT2D eigenvalue weighted by Gasteiger charge is 2.31. The van der Waals surface area contributed by atoms with Gasteiger partial charge in [0.15, 0.2) is 0 Å². The molecule has 0 unspecified atom stereocenters. The van der Waals surface area contributed by atoms with E-state index in [0.29, 0.717) is 6.29 Å². The summed E-state index contributed by atoms with van der Waals surface area (Å²) in [6, 6.07) is -1.12. The summed E-state index contributed by atoms with van der Waals surface area (Å²) in [5, 5.41) is 30.5. The normalized spacial score (nSPS) is 19.4. The van der Waals surface area contributed by atoms with E-state index < -0.39 is 38.8 Å². The van der Waals surface area contributed by atoms with Crippen molar-refractivity contribution in [2.24, 2.45) is 0 Å². The summed E-state index contributed by atoms with van der Waals surface area (Å²) in [6.07, 6.45) is -4.84. The molecule has 0 saturated heterocycles. The molecular weight excluding hydrogens is 257 g/mol.